The van der Waals surface area contributed by atoms with Gasteiger partial charge in [0.25, 0.3) is 0 Å². The highest BCUT2D eigenvalue weighted by atomic mass is 32.2. The Balaban J connectivity index is 1.55. The molecule has 0 N–H and O–H groups in total. The Morgan fingerprint density at radius 1 is 1.33 bits per heavy atom. The Morgan fingerprint density at radius 2 is 2.14 bits per heavy atom. The van der Waals surface area contributed by atoms with Crippen LogP contribution in [0.4, 0.5) is 0 Å². The summed E-state index contributed by atoms with van der Waals surface area (Å²) in [5.41, 5.74) is 0. The molecule has 3 rings (SSSR count). The van der Waals surface area contributed by atoms with Crippen molar-refractivity contribution < 1.29 is 4.79 Å². The van der Waals surface area contributed by atoms with E-state index in [0.717, 1.165) is 58.8 Å². The van der Waals surface area contributed by atoms with Crippen molar-refractivity contribution in [1.82, 2.24) is 15.1 Å². The van der Waals surface area contributed by atoms with E-state index in [1.165, 1.54) is 0 Å². The summed E-state index contributed by atoms with van der Waals surface area (Å²) in [6.45, 7) is 2.93. The molecule has 116 valence electrons. The van der Waals surface area contributed by atoms with Gasteiger partial charge >= 0.3 is 0 Å². The van der Waals surface area contributed by atoms with E-state index in [4.69, 9.17) is 0 Å². The fraction of sp³-hybridized carbons (Fsp3) is 0.786. The third-order valence-electron chi connectivity index (χ3n) is 4.14. The normalized spacial score (nSPS) is 23.7. The summed E-state index contributed by atoms with van der Waals surface area (Å²) in [6, 6.07) is 0.390. The van der Waals surface area contributed by atoms with E-state index in [2.05, 4.69) is 15.1 Å². The average Bonchev–Trinajstić information content (AvgIpc) is 3.14. The fourth-order valence-corrected chi connectivity index (χ4v) is 6.09. The highest BCUT2D eigenvalue weighted by Crippen LogP contribution is 2.31. The third kappa shape index (κ3) is 3.93. The number of hydrogen-bond donors (Lipinski definition) is 0. The molecule has 0 aliphatic carbocycles. The molecule has 2 aliphatic heterocycles. The number of rotatable bonds is 4. The number of likely N-dealkylation sites (tertiary alicyclic amines) is 1. The van der Waals surface area contributed by atoms with Gasteiger partial charge in [0, 0.05) is 24.3 Å². The van der Waals surface area contributed by atoms with E-state index in [0.29, 0.717) is 11.9 Å². The smallest absolute Gasteiger partial charge is 0.226 e. The second kappa shape index (κ2) is 7.33. The van der Waals surface area contributed by atoms with Crippen LogP contribution in [0.3, 0.4) is 0 Å². The van der Waals surface area contributed by atoms with E-state index in [-0.39, 0.29) is 5.92 Å². The molecule has 2 aliphatic rings. The van der Waals surface area contributed by atoms with Gasteiger partial charge in [-0.25, -0.2) is 0 Å². The van der Waals surface area contributed by atoms with Gasteiger partial charge in [0.1, 0.15) is 5.01 Å². The topological polar surface area (TPSA) is 46.1 Å². The molecule has 1 aromatic rings. The summed E-state index contributed by atoms with van der Waals surface area (Å²) in [7, 11) is 0. The quantitative estimate of drug-likeness (QED) is 0.786. The van der Waals surface area contributed by atoms with E-state index in [1.54, 1.807) is 23.1 Å². The second-order valence-corrected chi connectivity index (χ2v) is 9.29. The van der Waals surface area contributed by atoms with Crippen LogP contribution in [-0.2, 0) is 4.79 Å². The van der Waals surface area contributed by atoms with Crippen LogP contribution in [0, 0.1) is 12.8 Å². The van der Waals surface area contributed by atoms with Gasteiger partial charge < -0.3 is 4.90 Å². The van der Waals surface area contributed by atoms with Gasteiger partial charge in [-0.1, -0.05) is 23.1 Å². The number of carbonyl (C=O) groups excluding carboxylic acids is 1. The molecule has 0 saturated carbocycles. The van der Waals surface area contributed by atoms with Crippen molar-refractivity contribution in [2.75, 3.05) is 23.8 Å². The van der Waals surface area contributed by atoms with Crippen LogP contribution in [0.25, 0.3) is 0 Å². The molecule has 1 unspecified atom stereocenters. The SMILES string of the molecule is Cc1nnc(SCC2CCCN2C(=O)C2CCSCC2)s1. The van der Waals surface area contributed by atoms with Crippen LogP contribution < -0.4 is 0 Å². The number of amides is 1. The Morgan fingerprint density at radius 3 is 2.86 bits per heavy atom. The van der Waals surface area contributed by atoms with E-state index in [9.17, 15) is 4.79 Å². The lowest BCUT2D eigenvalue weighted by Crippen LogP contribution is -2.41. The molecule has 3 heterocycles. The lowest BCUT2D eigenvalue weighted by molar-refractivity contribution is -0.136. The molecule has 21 heavy (non-hydrogen) atoms. The molecule has 0 spiro atoms. The van der Waals surface area contributed by atoms with Gasteiger partial charge in [-0.3, -0.25) is 4.79 Å². The highest BCUT2D eigenvalue weighted by Gasteiger charge is 2.33. The maximum atomic E-state index is 12.7. The zero-order chi connectivity index (χ0) is 14.7. The van der Waals surface area contributed by atoms with E-state index < -0.39 is 0 Å². The van der Waals surface area contributed by atoms with Crippen LogP contribution in [-0.4, -0.2) is 50.8 Å². The molecule has 0 radical (unpaired) electrons. The third-order valence-corrected chi connectivity index (χ3v) is 7.30. The Hall–Kier alpha value is -0.270. The molecule has 1 aromatic heterocycles. The molecule has 7 heteroatoms. The van der Waals surface area contributed by atoms with Crippen molar-refractivity contribution in [2.45, 2.75) is 43.0 Å². The monoisotopic (exact) mass is 343 g/mol. The molecular weight excluding hydrogens is 322 g/mol. The van der Waals surface area contributed by atoms with Crippen molar-refractivity contribution in [3.63, 3.8) is 0 Å². The van der Waals surface area contributed by atoms with Crippen LogP contribution in [0.1, 0.15) is 30.7 Å². The number of aryl methyl sites for hydroxylation is 1. The van der Waals surface area contributed by atoms with Crippen molar-refractivity contribution >= 4 is 40.8 Å². The number of aromatic nitrogens is 2. The Labute approximate surface area is 138 Å². The fourth-order valence-electron chi connectivity index (χ4n) is 2.98. The molecule has 1 amide bonds. The van der Waals surface area contributed by atoms with Gasteiger partial charge in [0.05, 0.1) is 0 Å². The molecule has 0 aromatic carbocycles. The zero-order valence-electron chi connectivity index (χ0n) is 12.3. The number of nitrogens with zero attached hydrogens (tertiary/aromatic N) is 3. The molecule has 2 fully saturated rings. The van der Waals surface area contributed by atoms with Crippen LogP contribution in [0.2, 0.25) is 0 Å². The summed E-state index contributed by atoms with van der Waals surface area (Å²) in [5.74, 6) is 3.94. The van der Waals surface area contributed by atoms with E-state index >= 15 is 0 Å². The summed E-state index contributed by atoms with van der Waals surface area (Å²) in [6.07, 6.45) is 4.41. The molecule has 4 nitrogen and oxygen atoms in total. The first-order valence-corrected chi connectivity index (χ1v) is 10.5. The van der Waals surface area contributed by atoms with Gasteiger partial charge in [-0.2, -0.15) is 11.8 Å². The minimum atomic E-state index is 0.278. The maximum absolute atomic E-state index is 12.7. The molecular formula is C14H21N3OS3. The predicted octanol–water partition coefficient (Wildman–Crippen LogP) is 3.07. The minimum absolute atomic E-state index is 0.278. The lowest BCUT2D eigenvalue weighted by Gasteiger charge is -2.30. The van der Waals surface area contributed by atoms with E-state index in [1.807, 2.05) is 18.7 Å². The first-order valence-electron chi connectivity index (χ1n) is 7.55. The highest BCUT2D eigenvalue weighted by molar-refractivity contribution is 8.01. The maximum Gasteiger partial charge on any atom is 0.226 e. The number of thioether (sulfide) groups is 2. The summed E-state index contributed by atoms with van der Waals surface area (Å²) >= 11 is 5.38. The first-order chi connectivity index (χ1) is 10.2. The van der Waals surface area contributed by atoms with Crippen LogP contribution in [0.5, 0.6) is 0 Å². The summed E-state index contributed by atoms with van der Waals surface area (Å²) in [5, 5.41) is 9.23. The molecule has 1 atom stereocenters. The molecule has 0 bridgehead atoms. The predicted molar refractivity (Wildman–Crippen MR) is 90.2 cm³/mol. The van der Waals surface area contributed by atoms with Gasteiger partial charge in [-0.05, 0) is 44.1 Å². The minimum Gasteiger partial charge on any atom is -0.339 e. The van der Waals surface area contributed by atoms with Crippen LogP contribution in [0.15, 0.2) is 4.34 Å². The Kier molecular flexibility index (Phi) is 5.45. The van der Waals surface area contributed by atoms with Crippen molar-refractivity contribution in [3.8, 4) is 0 Å². The van der Waals surface area contributed by atoms with Gasteiger partial charge in [-0.15, -0.1) is 10.2 Å². The lowest BCUT2D eigenvalue weighted by atomic mass is 10.0. The van der Waals surface area contributed by atoms with Gasteiger partial charge in [0.15, 0.2) is 4.34 Å². The summed E-state index contributed by atoms with van der Waals surface area (Å²) in [4.78, 5) is 14.9. The Bertz CT molecular complexity index is 488. The van der Waals surface area contributed by atoms with Crippen molar-refractivity contribution in [1.29, 1.82) is 0 Å². The van der Waals surface area contributed by atoms with Crippen molar-refractivity contribution in [3.05, 3.63) is 5.01 Å². The molecule has 2 saturated heterocycles. The van der Waals surface area contributed by atoms with Crippen molar-refractivity contribution in [2.24, 2.45) is 5.92 Å². The summed E-state index contributed by atoms with van der Waals surface area (Å²) < 4.78 is 1.03. The number of carbonyl (C=O) groups is 1. The largest absolute Gasteiger partial charge is 0.339 e. The standard InChI is InChI=1S/C14H21N3OS3/c1-10-15-16-14(21-10)20-9-12-3-2-6-17(12)13(18)11-4-7-19-8-5-11/h11-12H,2-9H2,1H3. The average molecular weight is 344 g/mol. The van der Waals surface area contributed by atoms with Gasteiger partial charge in [0.2, 0.25) is 5.91 Å². The second-order valence-electron chi connectivity index (χ2n) is 5.61. The number of hydrogen-bond acceptors (Lipinski definition) is 6. The van der Waals surface area contributed by atoms with Crippen LogP contribution >= 0.6 is 34.9 Å². The zero-order valence-corrected chi connectivity index (χ0v) is 14.7. The first kappa shape index (κ1) is 15.6.